The third-order valence-corrected chi connectivity index (χ3v) is 6.27. The number of thiocarbonyl (C=S) groups is 1. The number of anilines is 1. The molecule has 6 heteroatoms. The van der Waals surface area contributed by atoms with Gasteiger partial charge in [0.05, 0.1) is 5.69 Å². The highest BCUT2D eigenvalue weighted by atomic mass is 32.1. The summed E-state index contributed by atoms with van der Waals surface area (Å²) in [5.74, 6) is -0.246. The third kappa shape index (κ3) is 5.33. The normalized spacial score (nSPS) is 14.9. The molecule has 0 spiro atoms. The Labute approximate surface area is 211 Å². The fourth-order valence-corrected chi connectivity index (χ4v) is 4.67. The molecule has 2 amide bonds. The molecule has 1 heterocycles. The Kier molecular flexibility index (Phi) is 6.85. The molecule has 1 N–H and O–H groups in total. The number of hydrogen-bond donors (Lipinski definition) is 1. The average molecular weight is 485 g/mol. The van der Waals surface area contributed by atoms with Crippen molar-refractivity contribution in [2.24, 2.45) is 0 Å². The maximum atomic E-state index is 13.3. The van der Waals surface area contributed by atoms with E-state index in [0.717, 1.165) is 11.1 Å². The largest absolute Gasteiger partial charge is 0.489 e. The molecular weight excluding hydrogens is 456 g/mol. The van der Waals surface area contributed by atoms with E-state index in [4.69, 9.17) is 17.0 Å². The minimum absolute atomic E-state index is 0.0253. The summed E-state index contributed by atoms with van der Waals surface area (Å²) in [6, 6.07) is 17.4. The molecule has 0 radical (unpaired) electrons. The number of nitrogens with zero attached hydrogens (tertiary/aromatic N) is 1. The molecule has 4 rings (SSSR count). The number of carbonyl (C=O) groups excluding carboxylic acids is 2. The molecule has 3 aromatic carbocycles. The fourth-order valence-electron chi connectivity index (χ4n) is 4.39. The van der Waals surface area contributed by atoms with E-state index in [1.54, 1.807) is 6.08 Å². The Hall–Kier alpha value is -3.77. The van der Waals surface area contributed by atoms with Crippen LogP contribution in [-0.4, -0.2) is 16.9 Å². The van der Waals surface area contributed by atoms with Crippen LogP contribution in [0.4, 0.5) is 5.69 Å². The molecule has 1 saturated heterocycles. The van der Waals surface area contributed by atoms with Gasteiger partial charge in [0.25, 0.3) is 11.8 Å². The molecule has 3 aromatic rings. The van der Waals surface area contributed by atoms with Gasteiger partial charge in [-0.3, -0.25) is 19.8 Å². The quantitative estimate of drug-likeness (QED) is 0.289. The molecular formula is C29H28N2O3S. The lowest BCUT2D eigenvalue weighted by molar-refractivity contribution is -0.122. The molecule has 0 aliphatic carbocycles. The van der Waals surface area contributed by atoms with Crippen molar-refractivity contribution in [3.8, 4) is 5.75 Å². The van der Waals surface area contributed by atoms with E-state index < -0.39 is 11.8 Å². The van der Waals surface area contributed by atoms with Crippen LogP contribution in [0.3, 0.4) is 0 Å². The van der Waals surface area contributed by atoms with Crippen molar-refractivity contribution in [3.05, 3.63) is 99.1 Å². The summed E-state index contributed by atoms with van der Waals surface area (Å²) in [7, 11) is 0. The topological polar surface area (TPSA) is 58.6 Å². The summed E-state index contributed by atoms with van der Waals surface area (Å²) in [5, 5.41) is 2.71. The maximum absolute atomic E-state index is 13.3. The highest BCUT2D eigenvalue weighted by Crippen LogP contribution is 2.25. The van der Waals surface area contributed by atoms with Crippen molar-refractivity contribution in [1.29, 1.82) is 0 Å². The Balaban J connectivity index is 1.54. The highest BCUT2D eigenvalue weighted by molar-refractivity contribution is 7.80. The Morgan fingerprint density at radius 1 is 0.857 bits per heavy atom. The molecule has 0 aromatic heterocycles. The van der Waals surface area contributed by atoms with Gasteiger partial charge in [-0.1, -0.05) is 35.9 Å². The van der Waals surface area contributed by atoms with Crippen molar-refractivity contribution in [2.75, 3.05) is 4.90 Å². The van der Waals surface area contributed by atoms with Gasteiger partial charge in [-0.15, -0.1) is 0 Å². The first-order chi connectivity index (χ1) is 16.6. The SMILES string of the molecule is Cc1cc(C)cc(N2C(=O)/C(=C/c3ccc(OCc4c(C)cc(C)cc4C)cc3)C(=O)NC2=S)c1. The van der Waals surface area contributed by atoms with Gasteiger partial charge in [0.15, 0.2) is 5.11 Å². The summed E-state index contributed by atoms with van der Waals surface area (Å²) in [5.41, 5.74) is 8.20. The molecule has 1 aliphatic heterocycles. The van der Waals surface area contributed by atoms with Gasteiger partial charge in [-0.2, -0.15) is 0 Å². The first kappa shape index (κ1) is 24.4. The molecule has 178 valence electrons. The van der Waals surface area contributed by atoms with Crippen LogP contribution in [0.15, 0.2) is 60.2 Å². The summed E-state index contributed by atoms with van der Waals surface area (Å²) >= 11 is 5.31. The van der Waals surface area contributed by atoms with Gasteiger partial charge in [0.1, 0.15) is 17.9 Å². The van der Waals surface area contributed by atoms with Gasteiger partial charge < -0.3 is 4.74 Å². The van der Waals surface area contributed by atoms with Gasteiger partial charge in [-0.25, -0.2) is 0 Å². The van der Waals surface area contributed by atoms with Gasteiger partial charge in [0, 0.05) is 0 Å². The minimum atomic E-state index is -0.508. The van der Waals surface area contributed by atoms with Crippen LogP contribution in [0.25, 0.3) is 6.08 Å². The zero-order chi connectivity index (χ0) is 25.3. The molecule has 35 heavy (non-hydrogen) atoms. The first-order valence-electron chi connectivity index (χ1n) is 11.4. The third-order valence-electron chi connectivity index (χ3n) is 5.98. The average Bonchev–Trinajstić information content (AvgIpc) is 2.76. The lowest BCUT2D eigenvalue weighted by Crippen LogP contribution is -2.54. The number of amides is 2. The number of hydrogen-bond acceptors (Lipinski definition) is 4. The summed E-state index contributed by atoms with van der Waals surface area (Å²) in [6.45, 7) is 10.6. The van der Waals surface area contributed by atoms with Crippen molar-refractivity contribution in [2.45, 2.75) is 41.2 Å². The zero-order valence-corrected chi connectivity index (χ0v) is 21.4. The van der Waals surface area contributed by atoms with Gasteiger partial charge in [0.2, 0.25) is 0 Å². The standard InChI is InChI=1S/C29H28N2O3S/c1-17-10-18(2)14-23(13-17)31-28(33)25(27(32)30-29(31)35)15-22-6-8-24(9-7-22)34-16-26-20(4)11-19(3)12-21(26)5/h6-15H,16H2,1-5H3,(H,30,32,35)/b25-15+. The van der Waals surface area contributed by atoms with Crippen LogP contribution >= 0.6 is 12.2 Å². The van der Waals surface area contributed by atoms with Crippen LogP contribution in [0.1, 0.15) is 38.9 Å². The predicted octanol–water partition coefficient (Wildman–Crippen LogP) is 5.64. The van der Waals surface area contributed by atoms with E-state index in [1.165, 1.54) is 27.2 Å². The second kappa shape index (κ2) is 9.84. The van der Waals surface area contributed by atoms with Crippen molar-refractivity contribution in [1.82, 2.24) is 5.32 Å². The molecule has 0 bridgehead atoms. The van der Waals surface area contributed by atoms with E-state index in [-0.39, 0.29) is 10.7 Å². The smallest absolute Gasteiger partial charge is 0.270 e. The number of aryl methyl sites for hydroxylation is 5. The molecule has 1 aliphatic rings. The lowest BCUT2D eigenvalue weighted by atomic mass is 10.0. The van der Waals surface area contributed by atoms with E-state index in [1.807, 2.05) is 56.3 Å². The van der Waals surface area contributed by atoms with Gasteiger partial charge in [-0.05, 0) is 111 Å². The Morgan fingerprint density at radius 3 is 2.03 bits per heavy atom. The predicted molar refractivity (Wildman–Crippen MR) is 144 cm³/mol. The molecule has 0 unspecified atom stereocenters. The number of ether oxygens (including phenoxy) is 1. The summed E-state index contributed by atoms with van der Waals surface area (Å²) < 4.78 is 6.00. The molecule has 0 atom stereocenters. The monoisotopic (exact) mass is 484 g/mol. The highest BCUT2D eigenvalue weighted by Gasteiger charge is 2.34. The first-order valence-corrected chi connectivity index (χ1v) is 11.8. The van der Waals surface area contributed by atoms with E-state index in [2.05, 4.69) is 38.2 Å². The van der Waals surface area contributed by atoms with Crippen molar-refractivity contribution in [3.63, 3.8) is 0 Å². The van der Waals surface area contributed by atoms with Crippen LogP contribution in [-0.2, 0) is 16.2 Å². The lowest BCUT2D eigenvalue weighted by Gasteiger charge is -2.29. The molecule has 5 nitrogen and oxygen atoms in total. The van der Waals surface area contributed by atoms with Crippen LogP contribution in [0, 0.1) is 34.6 Å². The minimum Gasteiger partial charge on any atom is -0.489 e. The Morgan fingerprint density at radius 2 is 1.43 bits per heavy atom. The number of benzene rings is 3. The number of carbonyl (C=O) groups is 2. The second-order valence-corrected chi connectivity index (χ2v) is 9.43. The van der Waals surface area contributed by atoms with Crippen LogP contribution < -0.4 is 15.0 Å². The van der Waals surface area contributed by atoms with Gasteiger partial charge >= 0.3 is 0 Å². The van der Waals surface area contributed by atoms with E-state index >= 15 is 0 Å². The van der Waals surface area contributed by atoms with E-state index in [0.29, 0.717) is 23.6 Å². The van der Waals surface area contributed by atoms with Crippen LogP contribution in [0.2, 0.25) is 0 Å². The fraction of sp³-hybridized carbons (Fsp3) is 0.207. The van der Waals surface area contributed by atoms with Crippen molar-refractivity contribution < 1.29 is 14.3 Å². The number of rotatable bonds is 5. The second-order valence-electron chi connectivity index (χ2n) is 9.04. The summed E-state index contributed by atoms with van der Waals surface area (Å²) in [4.78, 5) is 27.2. The summed E-state index contributed by atoms with van der Waals surface area (Å²) in [6.07, 6.45) is 1.58. The Bertz CT molecular complexity index is 1330. The maximum Gasteiger partial charge on any atom is 0.270 e. The van der Waals surface area contributed by atoms with Crippen LogP contribution in [0.5, 0.6) is 5.75 Å². The zero-order valence-electron chi connectivity index (χ0n) is 20.6. The number of nitrogens with one attached hydrogen (secondary N) is 1. The van der Waals surface area contributed by atoms with E-state index in [9.17, 15) is 9.59 Å². The molecule has 0 saturated carbocycles. The molecule has 1 fully saturated rings. The van der Waals surface area contributed by atoms with Crippen molar-refractivity contribution >= 4 is 40.9 Å².